The van der Waals surface area contributed by atoms with E-state index in [1.54, 1.807) is 5.57 Å². The minimum Gasteiger partial charge on any atom is -1.00 e. The average molecular weight is 171 g/mol. The number of hydrogen-bond donors (Lipinski definition) is 0. The molecule has 1 atom stereocenters. The van der Waals surface area contributed by atoms with Crippen molar-refractivity contribution in [2.24, 2.45) is 0 Å². The van der Waals surface area contributed by atoms with E-state index >= 15 is 0 Å². The maximum absolute atomic E-state index is 2.32. The van der Waals surface area contributed by atoms with Crippen molar-refractivity contribution in [1.29, 1.82) is 0 Å². The predicted octanol–water partition coefficient (Wildman–Crippen LogP) is 2.46. The van der Waals surface area contributed by atoms with Crippen LogP contribution in [0.1, 0.15) is 22.2 Å². The SMILES string of the molecule is CC1=CC(C)=P[C]1(C)[Sc].[H-]. The molecule has 1 aliphatic rings. The third-order valence-corrected chi connectivity index (χ3v) is 4.25. The van der Waals surface area contributed by atoms with E-state index in [9.17, 15) is 0 Å². The third-order valence-electron chi connectivity index (χ3n) is 1.63. The summed E-state index contributed by atoms with van der Waals surface area (Å²) < 4.78 is 0.483. The molecule has 0 radical (unpaired) electrons. The van der Waals surface area contributed by atoms with Gasteiger partial charge in [0.2, 0.25) is 0 Å². The molecule has 0 spiro atoms. The third kappa shape index (κ3) is 1.62. The Balaban J connectivity index is 0.000000810. The molecule has 1 aliphatic heterocycles. The van der Waals surface area contributed by atoms with Crippen molar-refractivity contribution >= 4 is 13.5 Å². The Morgan fingerprint density at radius 3 is 2.33 bits per heavy atom. The molecule has 9 heavy (non-hydrogen) atoms. The Hall–Kier alpha value is 0.780. The second-order valence-corrected chi connectivity index (χ2v) is 7.15. The van der Waals surface area contributed by atoms with Crippen LogP contribution in [-0.4, -0.2) is 8.21 Å². The molecular weight excluding hydrogens is 160 g/mol. The van der Waals surface area contributed by atoms with E-state index in [0.29, 0.717) is 2.91 Å². The Morgan fingerprint density at radius 2 is 2.22 bits per heavy atom. The Labute approximate surface area is 74.6 Å². The molecule has 0 fully saturated rings. The summed E-state index contributed by atoms with van der Waals surface area (Å²) in [6.45, 7) is 6.75. The van der Waals surface area contributed by atoms with E-state index in [2.05, 4.69) is 26.8 Å². The van der Waals surface area contributed by atoms with Gasteiger partial charge in [-0.3, -0.25) is 0 Å². The van der Waals surface area contributed by atoms with Crippen LogP contribution in [0.4, 0.5) is 0 Å². The Morgan fingerprint density at radius 1 is 1.67 bits per heavy atom. The fraction of sp³-hybridized carbons (Fsp3) is 0.571. The van der Waals surface area contributed by atoms with Crippen LogP contribution in [0.2, 0.25) is 0 Å². The maximum atomic E-state index is 2.32. The summed E-state index contributed by atoms with van der Waals surface area (Å²) in [4.78, 5) is 0. The van der Waals surface area contributed by atoms with Crippen molar-refractivity contribution < 1.29 is 25.8 Å². The molecule has 0 N–H and O–H groups in total. The first-order chi connectivity index (χ1) is 4.02. The zero-order valence-corrected chi connectivity index (χ0v) is 8.80. The largest absolute Gasteiger partial charge is 1.00 e. The fourth-order valence-corrected chi connectivity index (χ4v) is 3.26. The van der Waals surface area contributed by atoms with Crippen LogP contribution in [0, 0.1) is 0 Å². The van der Waals surface area contributed by atoms with Crippen LogP contribution >= 0.6 is 8.20 Å². The molecule has 1 heterocycles. The van der Waals surface area contributed by atoms with Crippen LogP contribution in [0.3, 0.4) is 0 Å². The fourth-order valence-electron chi connectivity index (χ4n) is 0.946. The van der Waals surface area contributed by atoms with E-state index in [1.807, 2.05) is 24.4 Å². The molecular formula is C7H11PSc-. The van der Waals surface area contributed by atoms with Crippen LogP contribution in [0.5, 0.6) is 0 Å². The number of rotatable bonds is 0. The van der Waals surface area contributed by atoms with E-state index < -0.39 is 0 Å². The summed E-state index contributed by atoms with van der Waals surface area (Å²) in [5.74, 6) is 0. The molecule has 1 unspecified atom stereocenters. The van der Waals surface area contributed by atoms with Crippen molar-refractivity contribution in [3.05, 3.63) is 11.6 Å². The van der Waals surface area contributed by atoms with E-state index in [0.717, 1.165) is 0 Å². The molecule has 0 amide bonds. The summed E-state index contributed by atoms with van der Waals surface area (Å²) in [5.41, 5.74) is 1.54. The molecule has 0 aromatic rings. The summed E-state index contributed by atoms with van der Waals surface area (Å²) in [5, 5.41) is 1.51. The standard InChI is InChI=1S/C7H10P.Sc.H/c1-5-4-6(2)8-7(5)3;;/h4H,1-3H3;;/q;;-1. The number of hydrogen-bond acceptors (Lipinski definition) is 0. The topological polar surface area (TPSA) is 0 Å². The second kappa shape index (κ2) is 2.43. The zero-order chi connectivity index (χ0) is 7.07. The summed E-state index contributed by atoms with van der Waals surface area (Å²) >= 11 is 1.84. The minimum atomic E-state index is 0. The van der Waals surface area contributed by atoms with Gasteiger partial charge >= 0.3 is 73.2 Å². The van der Waals surface area contributed by atoms with Gasteiger partial charge in [0.15, 0.2) is 0 Å². The monoisotopic (exact) mass is 171 g/mol. The second-order valence-electron chi connectivity index (χ2n) is 2.73. The molecule has 48 valence electrons. The molecule has 0 aliphatic carbocycles. The van der Waals surface area contributed by atoms with Gasteiger partial charge in [-0.15, -0.1) is 0 Å². The minimum absolute atomic E-state index is 0. The van der Waals surface area contributed by atoms with Gasteiger partial charge in [0, 0.05) is 0 Å². The van der Waals surface area contributed by atoms with Gasteiger partial charge in [-0.1, -0.05) is 0 Å². The van der Waals surface area contributed by atoms with Crippen LogP contribution in [0.25, 0.3) is 0 Å². The van der Waals surface area contributed by atoms with Crippen LogP contribution < -0.4 is 0 Å². The van der Waals surface area contributed by atoms with E-state index in [4.69, 9.17) is 0 Å². The van der Waals surface area contributed by atoms with Gasteiger partial charge in [0.1, 0.15) is 0 Å². The molecule has 1 rings (SSSR count). The number of allylic oxidation sites excluding steroid dienone is 2. The molecule has 0 nitrogen and oxygen atoms in total. The van der Waals surface area contributed by atoms with Crippen molar-refractivity contribution in [1.82, 2.24) is 0 Å². The van der Waals surface area contributed by atoms with E-state index in [-0.39, 0.29) is 1.43 Å². The van der Waals surface area contributed by atoms with Gasteiger partial charge in [0.25, 0.3) is 0 Å². The van der Waals surface area contributed by atoms with Crippen LogP contribution in [0.15, 0.2) is 11.6 Å². The zero-order valence-electron chi connectivity index (χ0n) is 7.10. The summed E-state index contributed by atoms with van der Waals surface area (Å²) in [6, 6.07) is 0. The van der Waals surface area contributed by atoms with Gasteiger partial charge in [-0.25, -0.2) is 0 Å². The van der Waals surface area contributed by atoms with Crippen LogP contribution in [-0.2, 0) is 24.4 Å². The van der Waals surface area contributed by atoms with Gasteiger partial charge in [-0.05, 0) is 0 Å². The predicted molar refractivity (Wildman–Crippen MR) is 40.9 cm³/mol. The maximum Gasteiger partial charge on any atom is -1.00 e. The van der Waals surface area contributed by atoms with Crippen molar-refractivity contribution in [2.75, 3.05) is 0 Å². The molecule has 0 saturated carbocycles. The van der Waals surface area contributed by atoms with Gasteiger partial charge < -0.3 is 1.43 Å². The molecule has 2 heteroatoms. The summed E-state index contributed by atoms with van der Waals surface area (Å²) in [6.07, 6.45) is 2.31. The Kier molecular flexibility index (Phi) is 2.13. The normalized spacial score (nSPS) is 35.8. The first kappa shape index (κ1) is 7.88. The van der Waals surface area contributed by atoms with Gasteiger partial charge in [-0.2, -0.15) is 0 Å². The van der Waals surface area contributed by atoms with Crippen molar-refractivity contribution in [2.45, 2.75) is 23.7 Å². The van der Waals surface area contributed by atoms with Crippen molar-refractivity contribution in [3.63, 3.8) is 0 Å². The van der Waals surface area contributed by atoms with E-state index in [1.165, 1.54) is 13.5 Å². The molecule has 0 aromatic carbocycles. The Bertz CT molecular complexity index is 194. The van der Waals surface area contributed by atoms with Gasteiger partial charge in [0.05, 0.1) is 0 Å². The smallest absolute Gasteiger partial charge is 1.00 e. The first-order valence-corrected chi connectivity index (χ1v) is 4.86. The average Bonchev–Trinajstić information content (AvgIpc) is 1.79. The molecule has 0 bridgehead atoms. The molecule has 0 saturated heterocycles. The summed E-state index contributed by atoms with van der Waals surface area (Å²) in [7, 11) is 1.51. The first-order valence-electron chi connectivity index (χ1n) is 3.06. The molecule has 0 aromatic heterocycles. The quantitative estimate of drug-likeness (QED) is 0.491. The van der Waals surface area contributed by atoms with Crippen molar-refractivity contribution in [3.8, 4) is 0 Å².